The first kappa shape index (κ1) is 18.0. The highest BCUT2D eigenvalue weighted by Crippen LogP contribution is 2.27. The van der Waals surface area contributed by atoms with Gasteiger partial charge in [0.25, 0.3) is 5.91 Å². The summed E-state index contributed by atoms with van der Waals surface area (Å²) in [4.78, 5) is 12.7. The Morgan fingerprint density at radius 3 is 2.56 bits per heavy atom. The molecular weight excluding hydrogens is 340 g/mol. The number of nitrogens with zero attached hydrogens (tertiary/aromatic N) is 1. The number of anilines is 1. The van der Waals surface area contributed by atoms with Crippen molar-refractivity contribution in [1.82, 2.24) is 0 Å². The van der Waals surface area contributed by atoms with Crippen LogP contribution >= 0.6 is 0 Å². The van der Waals surface area contributed by atoms with Gasteiger partial charge in [-0.2, -0.15) is 5.26 Å². The predicted molar refractivity (Wildman–Crippen MR) is 106 cm³/mol. The van der Waals surface area contributed by atoms with Gasteiger partial charge in [-0.1, -0.05) is 36.4 Å². The van der Waals surface area contributed by atoms with E-state index in [1.807, 2.05) is 42.5 Å². The van der Waals surface area contributed by atoms with E-state index in [1.165, 1.54) is 13.2 Å². The Morgan fingerprint density at radius 2 is 1.81 bits per heavy atom. The predicted octanol–water partition coefficient (Wildman–Crippen LogP) is 4.40. The summed E-state index contributed by atoms with van der Waals surface area (Å²) >= 11 is 0. The zero-order valence-electron chi connectivity index (χ0n) is 15.0. The van der Waals surface area contributed by atoms with Crippen LogP contribution in [0.5, 0.6) is 11.5 Å². The van der Waals surface area contributed by atoms with E-state index in [2.05, 4.69) is 5.32 Å². The lowest BCUT2D eigenvalue weighted by Crippen LogP contribution is -2.13. The number of hydrogen-bond acceptors (Lipinski definition) is 4. The molecule has 3 aromatic carbocycles. The van der Waals surface area contributed by atoms with Crippen LogP contribution in [0.1, 0.15) is 5.56 Å². The average molecular weight is 358 g/mol. The van der Waals surface area contributed by atoms with Crippen LogP contribution in [0.15, 0.2) is 66.2 Å². The third-order valence-corrected chi connectivity index (χ3v) is 4.14. The first-order valence-electron chi connectivity index (χ1n) is 8.29. The third-order valence-electron chi connectivity index (χ3n) is 4.14. The van der Waals surface area contributed by atoms with Crippen LogP contribution in [0.3, 0.4) is 0 Å². The van der Waals surface area contributed by atoms with Gasteiger partial charge in [-0.15, -0.1) is 0 Å². The van der Waals surface area contributed by atoms with Gasteiger partial charge in [0, 0.05) is 16.6 Å². The van der Waals surface area contributed by atoms with E-state index in [0.717, 1.165) is 10.8 Å². The molecule has 1 amide bonds. The van der Waals surface area contributed by atoms with Crippen LogP contribution < -0.4 is 14.8 Å². The maximum Gasteiger partial charge on any atom is 0.266 e. The zero-order chi connectivity index (χ0) is 19.2. The van der Waals surface area contributed by atoms with Gasteiger partial charge in [0.15, 0.2) is 0 Å². The van der Waals surface area contributed by atoms with E-state index in [-0.39, 0.29) is 5.57 Å². The van der Waals surface area contributed by atoms with Gasteiger partial charge >= 0.3 is 0 Å². The van der Waals surface area contributed by atoms with Crippen molar-refractivity contribution >= 4 is 28.4 Å². The average Bonchev–Trinajstić information content (AvgIpc) is 2.72. The summed E-state index contributed by atoms with van der Waals surface area (Å²) in [5.74, 6) is 0.661. The lowest BCUT2D eigenvalue weighted by Gasteiger charge is -2.10. The van der Waals surface area contributed by atoms with Crippen molar-refractivity contribution < 1.29 is 14.3 Å². The number of nitriles is 1. The van der Waals surface area contributed by atoms with Gasteiger partial charge in [0.05, 0.1) is 14.2 Å². The fraction of sp³-hybridized carbons (Fsp3) is 0.0909. The number of methoxy groups -OCH3 is 2. The molecule has 3 rings (SSSR count). The molecule has 0 saturated carbocycles. The number of amides is 1. The molecule has 0 saturated heterocycles. The van der Waals surface area contributed by atoms with Crippen LogP contribution in [0.2, 0.25) is 0 Å². The Kier molecular flexibility index (Phi) is 5.38. The van der Waals surface area contributed by atoms with Crippen molar-refractivity contribution in [3.8, 4) is 17.6 Å². The highest BCUT2D eigenvalue weighted by molar-refractivity contribution is 6.13. The molecule has 5 nitrogen and oxygen atoms in total. The molecule has 27 heavy (non-hydrogen) atoms. The minimum atomic E-state index is -0.487. The molecule has 0 aliphatic rings. The SMILES string of the molecule is COc1ccc(OC)c(/C=C(\C#N)C(=O)Nc2cccc3ccccc23)c1. The molecule has 0 fully saturated rings. The number of nitrogens with one attached hydrogen (secondary N) is 1. The Bertz CT molecular complexity index is 1060. The molecular formula is C22H18N2O3. The molecule has 0 radical (unpaired) electrons. The van der Waals surface area contributed by atoms with Crippen molar-refractivity contribution in [3.05, 3.63) is 71.8 Å². The van der Waals surface area contributed by atoms with E-state index in [4.69, 9.17) is 9.47 Å². The lowest BCUT2D eigenvalue weighted by atomic mass is 10.1. The monoisotopic (exact) mass is 358 g/mol. The van der Waals surface area contributed by atoms with E-state index in [9.17, 15) is 10.1 Å². The highest BCUT2D eigenvalue weighted by Gasteiger charge is 2.13. The topological polar surface area (TPSA) is 71.3 Å². The molecule has 0 unspecified atom stereocenters. The maximum atomic E-state index is 12.7. The summed E-state index contributed by atoms with van der Waals surface area (Å²) in [5.41, 5.74) is 1.20. The standard InChI is InChI=1S/C22H18N2O3/c1-26-18-10-11-21(27-2)16(13-18)12-17(14-23)22(25)24-20-9-5-7-15-6-3-4-8-19(15)20/h3-13H,1-2H3,(H,24,25)/b17-12+. The van der Waals surface area contributed by atoms with Gasteiger partial charge in [-0.3, -0.25) is 4.79 Å². The minimum Gasteiger partial charge on any atom is -0.497 e. The van der Waals surface area contributed by atoms with Crippen LogP contribution in [0.4, 0.5) is 5.69 Å². The summed E-state index contributed by atoms with van der Waals surface area (Å²) in [5, 5.41) is 14.2. The third kappa shape index (κ3) is 3.91. The molecule has 134 valence electrons. The molecule has 0 bridgehead atoms. The Morgan fingerprint density at radius 1 is 1.04 bits per heavy atom. The second kappa shape index (κ2) is 8.07. The molecule has 0 heterocycles. The largest absolute Gasteiger partial charge is 0.497 e. The van der Waals surface area contributed by atoms with Crippen molar-refractivity contribution in [2.24, 2.45) is 0 Å². The smallest absolute Gasteiger partial charge is 0.266 e. The van der Waals surface area contributed by atoms with Gasteiger partial charge in [-0.05, 0) is 35.7 Å². The van der Waals surface area contributed by atoms with E-state index < -0.39 is 5.91 Å². The molecule has 0 aliphatic carbocycles. The van der Waals surface area contributed by atoms with Crippen LogP contribution in [0, 0.1) is 11.3 Å². The molecule has 1 N–H and O–H groups in total. The summed E-state index contributed by atoms with van der Waals surface area (Å²) in [6, 6.07) is 20.5. The summed E-state index contributed by atoms with van der Waals surface area (Å²) in [7, 11) is 3.08. The second-order valence-electron chi connectivity index (χ2n) is 5.76. The molecule has 0 aliphatic heterocycles. The van der Waals surface area contributed by atoms with Gasteiger partial charge in [-0.25, -0.2) is 0 Å². The number of fused-ring (bicyclic) bond motifs is 1. The number of carbonyl (C=O) groups excluding carboxylic acids is 1. The lowest BCUT2D eigenvalue weighted by molar-refractivity contribution is -0.112. The number of benzene rings is 3. The van der Waals surface area contributed by atoms with Crippen LogP contribution in [-0.4, -0.2) is 20.1 Å². The molecule has 0 atom stereocenters. The van der Waals surface area contributed by atoms with Gasteiger partial charge < -0.3 is 14.8 Å². The second-order valence-corrected chi connectivity index (χ2v) is 5.76. The molecule has 0 spiro atoms. The number of hydrogen-bond donors (Lipinski definition) is 1. The normalized spacial score (nSPS) is 10.9. The van der Waals surface area contributed by atoms with Gasteiger partial charge in [0.1, 0.15) is 23.1 Å². The summed E-state index contributed by atoms with van der Waals surface area (Å²) in [6.07, 6.45) is 1.49. The number of carbonyl (C=O) groups is 1. The zero-order valence-corrected chi connectivity index (χ0v) is 15.0. The maximum absolute atomic E-state index is 12.7. The minimum absolute atomic E-state index is 0.0329. The van der Waals surface area contributed by atoms with Crippen LogP contribution in [0.25, 0.3) is 16.8 Å². The van der Waals surface area contributed by atoms with Crippen molar-refractivity contribution in [1.29, 1.82) is 5.26 Å². The van der Waals surface area contributed by atoms with Crippen LogP contribution in [-0.2, 0) is 4.79 Å². The summed E-state index contributed by atoms with van der Waals surface area (Å²) < 4.78 is 10.5. The Hall–Kier alpha value is -3.78. The number of rotatable bonds is 5. The summed E-state index contributed by atoms with van der Waals surface area (Å²) in [6.45, 7) is 0. The first-order chi connectivity index (χ1) is 13.2. The van der Waals surface area contributed by atoms with Gasteiger partial charge in [0.2, 0.25) is 0 Å². The first-order valence-corrected chi connectivity index (χ1v) is 8.29. The van der Waals surface area contributed by atoms with Crippen molar-refractivity contribution in [2.45, 2.75) is 0 Å². The molecule has 0 aromatic heterocycles. The fourth-order valence-electron chi connectivity index (χ4n) is 2.78. The highest BCUT2D eigenvalue weighted by atomic mass is 16.5. The van der Waals surface area contributed by atoms with Crippen molar-refractivity contribution in [2.75, 3.05) is 19.5 Å². The van der Waals surface area contributed by atoms with E-state index in [1.54, 1.807) is 31.4 Å². The number of ether oxygens (including phenoxy) is 2. The quantitative estimate of drug-likeness (QED) is 0.542. The van der Waals surface area contributed by atoms with E-state index >= 15 is 0 Å². The molecule has 3 aromatic rings. The Labute approximate surface area is 157 Å². The van der Waals surface area contributed by atoms with E-state index in [0.29, 0.717) is 22.7 Å². The Balaban J connectivity index is 1.95. The molecule has 5 heteroatoms. The fourth-order valence-corrected chi connectivity index (χ4v) is 2.78. The van der Waals surface area contributed by atoms with Crippen molar-refractivity contribution in [3.63, 3.8) is 0 Å².